The van der Waals surface area contributed by atoms with Crippen LogP contribution in [0.25, 0.3) is 0 Å². The van der Waals surface area contributed by atoms with E-state index in [0.29, 0.717) is 5.54 Å². The van der Waals surface area contributed by atoms with E-state index in [1.54, 1.807) is 0 Å². The van der Waals surface area contributed by atoms with E-state index in [2.05, 4.69) is 18.8 Å². The van der Waals surface area contributed by atoms with Crippen LogP contribution in [-0.2, 0) is 0 Å². The number of hydrogen-bond donors (Lipinski definition) is 1. The first-order valence-electron chi connectivity index (χ1n) is 4.12. The molecule has 0 amide bonds. The normalized spacial score (nSPS) is 21.4. The maximum Gasteiger partial charge on any atom is 0.0368 e. The van der Waals surface area contributed by atoms with Gasteiger partial charge in [-0.1, -0.05) is 13.5 Å². The standard InChI is InChI=1S/C9H17N/c1-4-9(6-5-7-9)10-8(2)3/h10H,2,4-7H2,1,3H3. The van der Waals surface area contributed by atoms with Crippen molar-refractivity contribution in [3.05, 3.63) is 12.3 Å². The van der Waals surface area contributed by atoms with Gasteiger partial charge in [0.25, 0.3) is 0 Å². The van der Waals surface area contributed by atoms with Crippen LogP contribution in [0.5, 0.6) is 0 Å². The minimum absolute atomic E-state index is 0.436. The van der Waals surface area contributed by atoms with E-state index in [1.165, 1.54) is 25.7 Å². The first kappa shape index (κ1) is 7.64. The molecule has 0 bridgehead atoms. The van der Waals surface area contributed by atoms with Crippen molar-refractivity contribution in [3.8, 4) is 0 Å². The lowest BCUT2D eigenvalue weighted by molar-refractivity contribution is 0.195. The molecule has 10 heavy (non-hydrogen) atoms. The fourth-order valence-electron chi connectivity index (χ4n) is 1.62. The number of rotatable bonds is 3. The summed E-state index contributed by atoms with van der Waals surface area (Å²) in [6, 6.07) is 0. The lowest BCUT2D eigenvalue weighted by Gasteiger charge is -2.43. The van der Waals surface area contributed by atoms with Crippen LogP contribution < -0.4 is 5.32 Å². The molecular formula is C9H17N. The Morgan fingerprint density at radius 3 is 2.30 bits per heavy atom. The van der Waals surface area contributed by atoms with Gasteiger partial charge in [0.2, 0.25) is 0 Å². The van der Waals surface area contributed by atoms with Crippen molar-refractivity contribution in [3.63, 3.8) is 0 Å². The second kappa shape index (κ2) is 2.65. The fraction of sp³-hybridized carbons (Fsp3) is 0.778. The maximum absolute atomic E-state index is 3.86. The van der Waals surface area contributed by atoms with Crippen molar-refractivity contribution < 1.29 is 0 Å². The first-order chi connectivity index (χ1) is 4.68. The quantitative estimate of drug-likeness (QED) is 0.633. The van der Waals surface area contributed by atoms with Crippen molar-refractivity contribution in [2.24, 2.45) is 0 Å². The number of nitrogens with one attached hydrogen (secondary N) is 1. The summed E-state index contributed by atoms with van der Waals surface area (Å²) in [6.07, 6.45) is 5.28. The predicted molar refractivity (Wildman–Crippen MR) is 44.8 cm³/mol. The molecular weight excluding hydrogens is 122 g/mol. The Morgan fingerprint density at radius 1 is 1.60 bits per heavy atom. The average molecular weight is 139 g/mol. The van der Waals surface area contributed by atoms with E-state index in [0.717, 1.165) is 5.70 Å². The Labute approximate surface area is 63.5 Å². The Bertz CT molecular complexity index is 128. The lowest BCUT2D eigenvalue weighted by atomic mass is 9.75. The summed E-state index contributed by atoms with van der Waals surface area (Å²) in [5, 5.41) is 3.45. The molecule has 1 rings (SSSR count). The number of hydrogen-bond acceptors (Lipinski definition) is 1. The third kappa shape index (κ3) is 1.34. The molecule has 1 aliphatic rings. The molecule has 0 spiro atoms. The molecule has 0 saturated heterocycles. The van der Waals surface area contributed by atoms with Gasteiger partial charge in [-0.05, 0) is 32.6 Å². The molecule has 1 saturated carbocycles. The largest absolute Gasteiger partial charge is 0.384 e. The van der Waals surface area contributed by atoms with Crippen LogP contribution in [0.3, 0.4) is 0 Å². The zero-order valence-electron chi connectivity index (χ0n) is 7.04. The Kier molecular flexibility index (Phi) is 2.02. The van der Waals surface area contributed by atoms with Gasteiger partial charge in [0, 0.05) is 11.2 Å². The van der Waals surface area contributed by atoms with Crippen LogP contribution >= 0.6 is 0 Å². The van der Waals surface area contributed by atoms with E-state index in [-0.39, 0.29) is 0 Å². The molecule has 1 aliphatic carbocycles. The Balaban J connectivity index is 2.40. The molecule has 0 aromatic rings. The smallest absolute Gasteiger partial charge is 0.0368 e. The Hall–Kier alpha value is -0.460. The molecule has 0 aromatic heterocycles. The highest BCUT2D eigenvalue weighted by atomic mass is 15.0. The summed E-state index contributed by atoms with van der Waals surface area (Å²) >= 11 is 0. The SMILES string of the molecule is C=C(C)NC1(CC)CCC1. The van der Waals surface area contributed by atoms with Gasteiger partial charge in [-0.15, -0.1) is 0 Å². The van der Waals surface area contributed by atoms with Crippen LogP contribution in [0.1, 0.15) is 39.5 Å². The molecule has 1 N–H and O–H groups in total. The lowest BCUT2D eigenvalue weighted by Crippen LogP contribution is -2.49. The topological polar surface area (TPSA) is 12.0 Å². The van der Waals surface area contributed by atoms with Gasteiger partial charge < -0.3 is 5.32 Å². The van der Waals surface area contributed by atoms with E-state index in [1.807, 2.05) is 6.92 Å². The van der Waals surface area contributed by atoms with E-state index < -0.39 is 0 Å². The second-order valence-corrected chi connectivity index (χ2v) is 3.39. The molecule has 58 valence electrons. The molecule has 1 heteroatoms. The van der Waals surface area contributed by atoms with E-state index in [4.69, 9.17) is 0 Å². The van der Waals surface area contributed by atoms with Crippen molar-refractivity contribution >= 4 is 0 Å². The van der Waals surface area contributed by atoms with Crippen LogP contribution in [0.4, 0.5) is 0 Å². The molecule has 0 unspecified atom stereocenters. The van der Waals surface area contributed by atoms with Crippen LogP contribution in [0.2, 0.25) is 0 Å². The van der Waals surface area contributed by atoms with Crippen LogP contribution in [0, 0.1) is 0 Å². The summed E-state index contributed by atoms with van der Waals surface area (Å²) in [4.78, 5) is 0. The maximum atomic E-state index is 3.86. The van der Waals surface area contributed by atoms with Gasteiger partial charge in [-0.3, -0.25) is 0 Å². The van der Waals surface area contributed by atoms with Gasteiger partial charge in [-0.2, -0.15) is 0 Å². The molecule has 0 heterocycles. The fourth-order valence-corrected chi connectivity index (χ4v) is 1.62. The minimum atomic E-state index is 0.436. The molecule has 0 aromatic carbocycles. The summed E-state index contributed by atoms with van der Waals surface area (Å²) in [5.74, 6) is 0. The van der Waals surface area contributed by atoms with Crippen molar-refractivity contribution in [1.82, 2.24) is 5.32 Å². The number of allylic oxidation sites excluding steroid dienone is 1. The van der Waals surface area contributed by atoms with Crippen LogP contribution in [-0.4, -0.2) is 5.54 Å². The zero-order valence-corrected chi connectivity index (χ0v) is 7.04. The second-order valence-electron chi connectivity index (χ2n) is 3.39. The molecule has 1 nitrogen and oxygen atoms in total. The van der Waals surface area contributed by atoms with Gasteiger partial charge in [0.15, 0.2) is 0 Å². The van der Waals surface area contributed by atoms with E-state index in [9.17, 15) is 0 Å². The van der Waals surface area contributed by atoms with E-state index >= 15 is 0 Å². The molecule has 1 fully saturated rings. The minimum Gasteiger partial charge on any atom is -0.384 e. The van der Waals surface area contributed by atoms with Gasteiger partial charge in [0.1, 0.15) is 0 Å². The Morgan fingerprint density at radius 2 is 2.20 bits per heavy atom. The summed E-state index contributed by atoms with van der Waals surface area (Å²) in [6.45, 7) is 8.14. The highest BCUT2D eigenvalue weighted by Gasteiger charge is 2.34. The molecule has 0 aliphatic heterocycles. The monoisotopic (exact) mass is 139 g/mol. The zero-order chi connectivity index (χ0) is 7.61. The first-order valence-corrected chi connectivity index (χ1v) is 4.12. The molecule has 0 radical (unpaired) electrons. The third-order valence-corrected chi connectivity index (χ3v) is 2.47. The van der Waals surface area contributed by atoms with Gasteiger partial charge >= 0.3 is 0 Å². The summed E-state index contributed by atoms with van der Waals surface area (Å²) in [5.41, 5.74) is 1.55. The molecule has 0 atom stereocenters. The van der Waals surface area contributed by atoms with Gasteiger partial charge in [-0.25, -0.2) is 0 Å². The van der Waals surface area contributed by atoms with Crippen molar-refractivity contribution in [2.45, 2.75) is 45.1 Å². The van der Waals surface area contributed by atoms with Gasteiger partial charge in [0.05, 0.1) is 0 Å². The highest BCUT2D eigenvalue weighted by Crippen LogP contribution is 2.35. The van der Waals surface area contributed by atoms with Crippen molar-refractivity contribution in [2.75, 3.05) is 0 Å². The van der Waals surface area contributed by atoms with Crippen molar-refractivity contribution in [1.29, 1.82) is 0 Å². The predicted octanol–water partition coefficient (Wildman–Crippen LogP) is 2.44. The third-order valence-electron chi connectivity index (χ3n) is 2.47. The van der Waals surface area contributed by atoms with Crippen LogP contribution in [0.15, 0.2) is 12.3 Å². The summed E-state index contributed by atoms with van der Waals surface area (Å²) in [7, 11) is 0. The summed E-state index contributed by atoms with van der Waals surface area (Å²) < 4.78 is 0. The highest BCUT2D eigenvalue weighted by molar-refractivity contribution is 5.02. The average Bonchev–Trinajstić information content (AvgIpc) is 1.78.